The van der Waals surface area contributed by atoms with E-state index in [0.29, 0.717) is 16.3 Å². The quantitative estimate of drug-likeness (QED) is 0.350. The number of sulfonamides is 1. The van der Waals surface area contributed by atoms with Crippen molar-refractivity contribution in [3.05, 3.63) is 88.9 Å². The van der Waals surface area contributed by atoms with E-state index in [1.165, 1.54) is 30.7 Å². The molecule has 1 heterocycles. The predicted molar refractivity (Wildman–Crippen MR) is 146 cm³/mol. The molecule has 6 nitrogen and oxygen atoms in total. The van der Waals surface area contributed by atoms with E-state index in [0.717, 1.165) is 42.9 Å². The van der Waals surface area contributed by atoms with Crippen LogP contribution in [0.25, 0.3) is 0 Å². The molecule has 1 aliphatic rings. The topological polar surface area (TPSA) is 69.7 Å². The van der Waals surface area contributed by atoms with Gasteiger partial charge in [-0.3, -0.25) is 9.10 Å². The molecule has 1 fully saturated rings. The van der Waals surface area contributed by atoms with Gasteiger partial charge in [0.05, 0.1) is 21.2 Å². The Bertz CT molecular complexity index is 1400. The fourth-order valence-corrected chi connectivity index (χ4v) is 6.21. The Morgan fingerprint density at radius 3 is 2.41 bits per heavy atom. The van der Waals surface area contributed by atoms with E-state index in [1.54, 1.807) is 6.07 Å². The molecule has 0 spiro atoms. The van der Waals surface area contributed by atoms with E-state index in [4.69, 9.17) is 11.6 Å². The van der Waals surface area contributed by atoms with E-state index in [2.05, 4.69) is 17.1 Å². The van der Waals surface area contributed by atoms with Crippen LogP contribution < -0.4 is 14.5 Å². The van der Waals surface area contributed by atoms with Gasteiger partial charge < -0.3 is 10.2 Å². The number of piperidine rings is 1. The van der Waals surface area contributed by atoms with E-state index in [9.17, 15) is 26.4 Å². The third kappa shape index (κ3) is 7.05. The minimum Gasteiger partial charge on any atom is -0.371 e. The largest absolute Gasteiger partial charge is 0.417 e. The highest BCUT2D eigenvalue weighted by Gasteiger charge is 2.35. The molecule has 4 rings (SSSR count). The van der Waals surface area contributed by atoms with Crippen molar-refractivity contribution < 1.29 is 26.4 Å². The molecule has 1 aliphatic heterocycles. The van der Waals surface area contributed by atoms with Crippen LogP contribution in [0.4, 0.5) is 24.5 Å². The molecule has 0 saturated carbocycles. The highest BCUT2D eigenvalue weighted by Crippen LogP contribution is 2.38. The van der Waals surface area contributed by atoms with Gasteiger partial charge in [-0.15, -0.1) is 0 Å². The van der Waals surface area contributed by atoms with Crippen LogP contribution in [0.15, 0.2) is 77.7 Å². The minimum absolute atomic E-state index is 0.128. The van der Waals surface area contributed by atoms with Crippen LogP contribution in [0.3, 0.4) is 0 Å². The van der Waals surface area contributed by atoms with Crippen molar-refractivity contribution in [3.63, 3.8) is 0 Å². The van der Waals surface area contributed by atoms with Crippen LogP contribution in [0.2, 0.25) is 5.02 Å². The fourth-order valence-electron chi connectivity index (χ4n) is 4.56. The zero-order valence-electron chi connectivity index (χ0n) is 21.3. The van der Waals surface area contributed by atoms with E-state index < -0.39 is 39.2 Å². The molecule has 39 heavy (non-hydrogen) atoms. The van der Waals surface area contributed by atoms with Crippen LogP contribution in [-0.2, 0) is 27.5 Å². The average Bonchev–Trinajstić information content (AvgIpc) is 2.91. The number of carbonyl (C=O) groups excluding carboxylic acids is 1. The van der Waals surface area contributed by atoms with Crippen LogP contribution >= 0.6 is 11.6 Å². The molecular formula is C28H29ClF3N3O3S. The maximum Gasteiger partial charge on any atom is 0.417 e. The maximum atomic E-state index is 13.5. The van der Waals surface area contributed by atoms with Gasteiger partial charge in [0.1, 0.15) is 6.54 Å². The van der Waals surface area contributed by atoms with Crippen LogP contribution in [0.1, 0.15) is 30.9 Å². The zero-order valence-corrected chi connectivity index (χ0v) is 22.9. The van der Waals surface area contributed by atoms with Gasteiger partial charge >= 0.3 is 6.18 Å². The lowest BCUT2D eigenvalue weighted by Crippen LogP contribution is -2.40. The van der Waals surface area contributed by atoms with Gasteiger partial charge in [-0.25, -0.2) is 8.42 Å². The first kappa shape index (κ1) is 28.8. The Kier molecular flexibility index (Phi) is 8.76. The Balaban J connectivity index is 1.52. The van der Waals surface area contributed by atoms with E-state index >= 15 is 0 Å². The number of benzene rings is 3. The number of nitrogens with zero attached hydrogens (tertiary/aromatic N) is 2. The lowest BCUT2D eigenvalue weighted by atomic mass is 9.99. The normalized spacial score (nSPS) is 16.1. The lowest BCUT2D eigenvalue weighted by molar-refractivity contribution is -0.137. The number of hydrogen-bond acceptors (Lipinski definition) is 4. The molecule has 11 heteroatoms. The molecule has 0 aromatic heterocycles. The summed E-state index contributed by atoms with van der Waals surface area (Å²) in [6.45, 7) is 3.61. The van der Waals surface area contributed by atoms with Crippen LogP contribution in [-0.4, -0.2) is 34.0 Å². The third-order valence-electron chi connectivity index (χ3n) is 6.61. The standard InChI is InChI=1S/C28H29ClF3N3O3S/c1-20-6-5-15-34(18-20)22-11-9-21(10-12-22)17-33-27(36)19-35(39(37,38)24-7-3-2-4-8-24)23-13-14-26(29)25(16-23)28(30,31)32/h2-4,7-14,16,20H,5-6,15,17-19H2,1H3,(H,33,36). The summed E-state index contributed by atoms with van der Waals surface area (Å²) in [5, 5.41) is 2.10. The number of alkyl halides is 3. The summed E-state index contributed by atoms with van der Waals surface area (Å²) in [6, 6.07) is 17.7. The predicted octanol–water partition coefficient (Wildman–Crippen LogP) is 6.11. The third-order valence-corrected chi connectivity index (χ3v) is 8.73. The molecule has 1 saturated heterocycles. The second-order valence-electron chi connectivity index (χ2n) is 9.62. The van der Waals surface area contributed by atoms with Gasteiger partial charge in [0.25, 0.3) is 10.0 Å². The molecule has 3 aromatic carbocycles. The molecule has 0 bridgehead atoms. The number of halogens is 4. The molecular weight excluding hydrogens is 551 g/mol. The number of carbonyl (C=O) groups is 1. The van der Waals surface area contributed by atoms with Gasteiger partial charge in [-0.1, -0.05) is 48.9 Å². The summed E-state index contributed by atoms with van der Waals surface area (Å²) in [5.41, 5.74) is 0.379. The lowest BCUT2D eigenvalue weighted by Gasteiger charge is -2.32. The summed E-state index contributed by atoms with van der Waals surface area (Å²) in [6.07, 6.45) is -2.46. The monoisotopic (exact) mass is 579 g/mol. The second-order valence-corrected chi connectivity index (χ2v) is 11.9. The average molecular weight is 580 g/mol. The molecule has 3 aromatic rings. The molecule has 208 valence electrons. The first-order valence-electron chi connectivity index (χ1n) is 12.5. The summed E-state index contributed by atoms with van der Waals surface area (Å²) >= 11 is 5.74. The Morgan fingerprint density at radius 1 is 1.08 bits per heavy atom. The number of rotatable bonds is 8. The molecule has 0 radical (unpaired) electrons. The Morgan fingerprint density at radius 2 is 1.77 bits per heavy atom. The van der Waals surface area contributed by atoms with Crippen molar-refractivity contribution >= 4 is 38.9 Å². The summed E-state index contributed by atoms with van der Waals surface area (Å²) in [5.74, 6) is -0.0485. The van der Waals surface area contributed by atoms with Gasteiger partial charge in [-0.05, 0) is 66.8 Å². The summed E-state index contributed by atoms with van der Waals surface area (Å²) < 4.78 is 68.1. The number of amides is 1. The fraction of sp³-hybridized carbons (Fsp3) is 0.321. The summed E-state index contributed by atoms with van der Waals surface area (Å²) in [7, 11) is -4.37. The smallest absolute Gasteiger partial charge is 0.371 e. The van der Waals surface area contributed by atoms with Gasteiger partial charge in [0.2, 0.25) is 5.91 Å². The van der Waals surface area contributed by atoms with Crippen molar-refractivity contribution in [1.82, 2.24) is 5.32 Å². The van der Waals surface area contributed by atoms with Gasteiger partial charge in [0, 0.05) is 25.3 Å². The van der Waals surface area contributed by atoms with E-state index in [-0.39, 0.29) is 17.1 Å². The zero-order chi connectivity index (χ0) is 28.2. The van der Waals surface area contributed by atoms with Crippen molar-refractivity contribution in [1.29, 1.82) is 0 Å². The first-order chi connectivity index (χ1) is 18.4. The first-order valence-corrected chi connectivity index (χ1v) is 14.3. The van der Waals surface area contributed by atoms with Crippen molar-refractivity contribution in [2.24, 2.45) is 5.92 Å². The number of anilines is 2. The minimum atomic E-state index is -4.81. The van der Waals surface area contributed by atoms with Crippen molar-refractivity contribution in [2.45, 2.75) is 37.4 Å². The molecule has 0 aliphatic carbocycles. The highest BCUT2D eigenvalue weighted by atomic mass is 35.5. The van der Waals surface area contributed by atoms with Crippen LogP contribution in [0, 0.1) is 5.92 Å². The molecule has 1 atom stereocenters. The van der Waals surface area contributed by atoms with Crippen molar-refractivity contribution in [3.8, 4) is 0 Å². The van der Waals surface area contributed by atoms with Crippen molar-refractivity contribution in [2.75, 3.05) is 28.8 Å². The Hall–Kier alpha value is -3.24. The molecule has 1 N–H and O–H groups in total. The number of nitrogens with one attached hydrogen (secondary N) is 1. The maximum absolute atomic E-state index is 13.5. The highest BCUT2D eigenvalue weighted by molar-refractivity contribution is 7.92. The molecule has 1 amide bonds. The Labute approximate surface area is 231 Å². The number of hydrogen-bond donors (Lipinski definition) is 1. The second kappa shape index (κ2) is 11.9. The van der Waals surface area contributed by atoms with Crippen LogP contribution in [0.5, 0.6) is 0 Å². The van der Waals surface area contributed by atoms with E-state index in [1.807, 2.05) is 24.3 Å². The van der Waals surface area contributed by atoms with Gasteiger partial charge in [0.15, 0.2) is 0 Å². The SMILES string of the molecule is CC1CCCN(c2ccc(CNC(=O)CN(c3ccc(Cl)c(C(F)(F)F)c3)S(=O)(=O)c3ccccc3)cc2)C1. The van der Waals surface area contributed by atoms with Gasteiger partial charge in [-0.2, -0.15) is 13.2 Å². The molecule has 1 unspecified atom stereocenters. The summed E-state index contributed by atoms with van der Waals surface area (Å²) in [4.78, 5) is 15.1.